The van der Waals surface area contributed by atoms with E-state index in [2.05, 4.69) is 22.1 Å². The molecule has 3 aromatic heterocycles. The van der Waals surface area contributed by atoms with Crippen LogP contribution in [0.25, 0.3) is 89.7 Å². The molecule has 2 aliphatic heterocycles. The van der Waals surface area contributed by atoms with Gasteiger partial charge in [0.1, 0.15) is 22.6 Å². The lowest BCUT2D eigenvalue weighted by molar-refractivity contribution is 0.0183. The summed E-state index contributed by atoms with van der Waals surface area (Å²) in [7, 11) is 1.66. The molecule has 9 rings (SSSR count). The first-order valence-corrected chi connectivity index (χ1v) is 18.5. The quantitative estimate of drug-likeness (QED) is 0.130. The molecule has 7 aromatic rings. The molecule has 5 heterocycles. The van der Waals surface area contributed by atoms with E-state index in [1.165, 1.54) is 0 Å². The number of H-pyrrole nitrogens is 2. The zero-order chi connectivity index (χ0) is 34.9. The topological polar surface area (TPSA) is 146 Å². The Morgan fingerprint density at radius 3 is 1.46 bits per heavy atom. The van der Waals surface area contributed by atoms with Crippen molar-refractivity contribution in [2.75, 3.05) is 46.8 Å². The summed E-state index contributed by atoms with van der Waals surface area (Å²) in [5, 5.41) is 3.75. The van der Waals surface area contributed by atoms with Gasteiger partial charge in [-0.05, 0) is 0 Å². The first-order chi connectivity index (χ1) is 25.7. The van der Waals surface area contributed by atoms with Crippen LogP contribution in [0.1, 0.15) is 0 Å². The third-order valence-corrected chi connectivity index (χ3v) is 10.5. The summed E-state index contributed by atoms with van der Waals surface area (Å²) in [6.45, 7) is 3.12. The molecule has 0 aliphatic carbocycles. The van der Waals surface area contributed by atoms with Gasteiger partial charge in [-0.25, -0.2) is 29.9 Å². The van der Waals surface area contributed by atoms with Crippen molar-refractivity contribution in [3.63, 3.8) is 0 Å². The molecule has 0 radical (unpaired) electrons. The number of nitrogens with one attached hydrogen (secondary N) is 2. The zero-order valence-electron chi connectivity index (χ0n) is 28.4. The summed E-state index contributed by atoms with van der Waals surface area (Å²) in [5.74, 6) is 2.28. The summed E-state index contributed by atoms with van der Waals surface area (Å²) in [6, 6.07) is 30.4. The number of aromatic amines is 2. The Hall–Kier alpha value is -5.39. The Kier molecular flexibility index (Phi) is 8.96. The molecular formula is C39H33AlN8O4. The van der Waals surface area contributed by atoms with E-state index >= 15 is 0 Å². The first kappa shape index (κ1) is 32.5. The predicted molar refractivity (Wildman–Crippen MR) is 202 cm³/mol. The molecule has 0 amide bonds. The molecule has 0 saturated heterocycles. The number of rotatable bonds is 11. The average Bonchev–Trinajstić information content (AvgIpc) is 3.91. The van der Waals surface area contributed by atoms with E-state index in [4.69, 9.17) is 47.9 Å². The second kappa shape index (κ2) is 14.3. The van der Waals surface area contributed by atoms with Gasteiger partial charge in [-0.2, -0.15) is 0 Å². The Labute approximate surface area is 304 Å². The highest BCUT2D eigenvalue weighted by atomic mass is 27.1. The van der Waals surface area contributed by atoms with Crippen LogP contribution in [0.5, 0.6) is 0 Å². The van der Waals surface area contributed by atoms with Crippen molar-refractivity contribution in [3.8, 4) is 45.6 Å². The molecule has 13 heteroatoms. The molecule has 2 N–H and O–H groups in total. The van der Waals surface area contributed by atoms with Crippen LogP contribution in [0.4, 0.5) is 0 Å². The maximum absolute atomic E-state index is 6.25. The second-order valence-corrected chi connectivity index (χ2v) is 13.8. The highest BCUT2D eigenvalue weighted by Crippen LogP contribution is 2.36. The highest BCUT2D eigenvalue weighted by molar-refractivity contribution is 6.52. The van der Waals surface area contributed by atoms with Crippen molar-refractivity contribution >= 4 is 64.1 Å². The van der Waals surface area contributed by atoms with Gasteiger partial charge in [0.15, 0.2) is 23.3 Å². The number of hydrogen-bond acceptors (Lipinski definition) is 10. The fraction of sp³-hybridized carbons (Fsp3) is 0.179. The van der Waals surface area contributed by atoms with Crippen molar-refractivity contribution in [2.24, 2.45) is 0 Å². The van der Waals surface area contributed by atoms with Crippen LogP contribution in [0.15, 0.2) is 91.0 Å². The van der Waals surface area contributed by atoms with E-state index in [1.54, 1.807) is 7.11 Å². The lowest BCUT2D eigenvalue weighted by atomic mass is 10.1. The normalized spacial score (nSPS) is 11.9. The van der Waals surface area contributed by atoms with Crippen LogP contribution >= 0.6 is 0 Å². The van der Waals surface area contributed by atoms with E-state index in [0.29, 0.717) is 85.5 Å². The van der Waals surface area contributed by atoms with E-state index < -0.39 is 15.6 Å². The van der Waals surface area contributed by atoms with E-state index in [1.807, 2.05) is 78.9 Å². The Bertz CT molecular complexity index is 2620. The largest absolute Gasteiger partial charge is 0.498 e. The zero-order valence-corrected chi connectivity index (χ0v) is 29.8. The van der Waals surface area contributed by atoms with Crippen LogP contribution in [-0.4, -0.2) is 102 Å². The molecule has 0 unspecified atom stereocenters. The molecule has 4 aromatic carbocycles. The van der Waals surface area contributed by atoms with Gasteiger partial charge in [-0.1, -0.05) is 95.4 Å². The molecule has 0 fully saturated rings. The number of ether oxygens (including phenoxy) is 3. The molecular weight excluding hydrogens is 671 g/mol. The number of fused-ring (bicyclic) bond motifs is 20. The fourth-order valence-electron chi connectivity index (χ4n) is 6.65. The van der Waals surface area contributed by atoms with Crippen LogP contribution in [-0.2, 0) is 18.0 Å². The average molecular weight is 705 g/mol. The minimum absolute atomic E-state index is 0.484. The molecule has 52 heavy (non-hydrogen) atoms. The summed E-state index contributed by atoms with van der Waals surface area (Å²) < 4.78 is 23.5. The molecule has 0 saturated carbocycles. The van der Waals surface area contributed by atoms with Gasteiger partial charge >= 0.3 is 15.6 Å². The minimum atomic E-state index is -1.19. The number of methoxy groups -OCH3 is 1. The van der Waals surface area contributed by atoms with Crippen molar-refractivity contribution < 1.29 is 18.0 Å². The van der Waals surface area contributed by atoms with Crippen LogP contribution < -0.4 is 4.43 Å². The van der Waals surface area contributed by atoms with Gasteiger partial charge in [-0.15, -0.1) is 0 Å². The third-order valence-electron chi connectivity index (χ3n) is 9.10. The predicted octanol–water partition coefficient (Wildman–Crippen LogP) is 5.54. The number of nitrogens with zero attached hydrogens (tertiary/aromatic N) is 6. The molecule has 8 bridgehead atoms. The highest BCUT2D eigenvalue weighted by Gasteiger charge is 2.22. The van der Waals surface area contributed by atoms with Gasteiger partial charge in [0.2, 0.25) is 0 Å². The number of benzene rings is 4. The Morgan fingerprint density at radius 1 is 0.462 bits per heavy atom. The third kappa shape index (κ3) is 6.13. The van der Waals surface area contributed by atoms with E-state index in [9.17, 15) is 0 Å². The molecule has 2 aliphatic rings. The van der Waals surface area contributed by atoms with Crippen molar-refractivity contribution in [3.05, 3.63) is 91.0 Å². The Morgan fingerprint density at radius 2 is 0.904 bits per heavy atom. The smallest absolute Gasteiger partial charge is 0.478 e. The lowest BCUT2D eigenvalue weighted by Crippen LogP contribution is -2.21. The summed E-state index contributed by atoms with van der Waals surface area (Å²) >= 11 is -1.19. The maximum atomic E-state index is 6.25. The van der Waals surface area contributed by atoms with Crippen LogP contribution in [0.2, 0.25) is 0 Å². The van der Waals surface area contributed by atoms with Crippen LogP contribution in [0.3, 0.4) is 0 Å². The van der Waals surface area contributed by atoms with Gasteiger partial charge in [0.05, 0.1) is 33.0 Å². The van der Waals surface area contributed by atoms with E-state index in [-0.39, 0.29) is 0 Å². The molecule has 12 nitrogen and oxygen atoms in total. The molecule has 0 spiro atoms. The SMILES string of the molecule is COCCOCCOCC[O][AlH][c]1cccc2c3nc4nc(nc5[nH]c(nc6nc(nc([nH]3)c12)-c1ccccc1-6)c1ccccc51)-c1ccccc1-4. The van der Waals surface area contributed by atoms with E-state index in [0.717, 1.165) is 48.2 Å². The molecule has 0 atom stereocenters. The van der Waals surface area contributed by atoms with Gasteiger partial charge in [-0.3, -0.25) is 0 Å². The van der Waals surface area contributed by atoms with Gasteiger partial charge in [0.25, 0.3) is 0 Å². The monoisotopic (exact) mass is 704 g/mol. The van der Waals surface area contributed by atoms with Gasteiger partial charge < -0.3 is 28.0 Å². The minimum Gasteiger partial charge on any atom is -0.498 e. The Balaban J connectivity index is 1.21. The van der Waals surface area contributed by atoms with Crippen molar-refractivity contribution in [1.82, 2.24) is 39.9 Å². The second-order valence-electron chi connectivity index (χ2n) is 12.4. The summed E-state index contributed by atoms with van der Waals surface area (Å²) in [5.41, 5.74) is 6.24. The standard InChI is InChI=1S/C32H17N8.C7H15O4.Al.H/c1-2-10-18-17(9-1)25-33-26(18)38-28-21-13-5-6-14-22(21)30(35-28)40-32-24-16-8-7-15-23(24)31(36-32)39-29-20-12-4-3-11-19(20)27(34-29)37-25;1-9-4-5-11-7-6-10-3-2-8;;/h1-15H,(H2,33,34,35,36,37,38,39,40);2-7H2,1H3;;/q;-1;+1;. The van der Waals surface area contributed by atoms with Crippen molar-refractivity contribution in [1.29, 1.82) is 0 Å². The molecule has 256 valence electrons. The van der Waals surface area contributed by atoms with Crippen molar-refractivity contribution in [2.45, 2.75) is 0 Å². The fourth-order valence-corrected chi connectivity index (χ4v) is 7.86. The summed E-state index contributed by atoms with van der Waals surface area (Å²) in [6.07, 6.45) is 0. The maximum Gasteiger partial charge on any atom is 0.478 e. The summed E-state index contributed by atoms with van der Waals surface area (Å²) in [4.78, 5) is 37.5. The number of hydrogen-bond donors (Lipinski definition) is 2. The van der Waals surface area contributed by atoms with Gasteiger partial charge in [0, 0.05) is 57.5 Å². The van der Waals surface area contributed by atoms with Crippen LogP contribution in [0, 0.1) is 0 Å². The first-order valence-electron chi connectivity index (χ1n) is 17.2. The lowest BCUT2D eigenvalue weighted by Gasteiger charge is -2.07. The number of aromatic nitrogens is 8.